The second-order valence-electron chi connectivity index (χ2n) is 7.42. The van der Waals surface area contributed by atoms with Gasteiger partial charge in [0.15, 0.2) is 5.76 Å². The molecule has 0 atom stereocenters. The zero-order valence-corrected chi connectivity index (χ0v) is 15.4. The minimum absolute atomic E-state index is 0.00498. The van der Waals surface area contributed by atoms with E-state index in [2.05, 4.69) is 20.1 Å². The molecular weight excluding hydrogens is 342 g/mol. The summed E-state index contributed by atoms with van der Waals surface area (Å²) in [5.74, 6) is 2.94. The molecule has 0 saturated carbocycles. The number of fused-ring (bicyclic) bond motifs is 2. The zero-order valence-electron chi connectivity index (χ0n) is 15.4. The number of carbonyl (C=O) groups is 1. The van der Waals surface area contributed by atoms with E-state index in [4.69, 9.17) is 4.42 Å². The number of hydrogen-bond acceptors (Lipinski definition) is 5. The zero-order chi connectivity index (χ0) is 18.4. The van der Waals surface area contributed by atoms with Crippen molar-refractivity contribution in [3.05, 3.63) is 47.2 Å². The summed E-state index contributed by atoms with van der Waals surface area (Å²) in [6.45, 7) is 6.08. The van der Waals surface area contributed by atoms with Crippen molar-refractivity contribution in [3.63, 3.8) is 0 Å². The first-order chi connectivity index (χ1) is 13.2. The van der Waals surface area contributed by atoms with Crippen LogP contribution in [0.4, 0.5) is 0 Å². The highest BCUT2D eigenvalue weighted by molar-refractivity contribution is 5.98. The summed E-state index contributed by atoms with van der Waals surface area (Å²) in [5, 5.41) is 13.1. The van der Waals surface area contributed by atoms with Gasteiger partial charge >= 0.3 is 0 Å². The monoisotopic (exact) mass is 365 g/mol. The second-order valence-corrected chi connectivity index (χ2v) is 7.42. The van der Waals surface area contributed by atoms with E-state index in [1.54, 1.807) is 0 Å². The molecule has 27 heavy (non-hydrogen) atoms. The Balaban J connectivity index is 1.32. The van der Waals surface area contributed by atoms with Crippen molar-refractivity contribution in [2.45, 2.75) is 38.8 Å². The van der Waals surface area contributed by atoms with Gasteiger partial charge in [0, 0.05) is 43.0 Å². The maximum Gasteiger partial charge on any atom is 0.289 e. The number of rotatable bonds is 2. The summed E-state index contributed by atoms with van der Waals surface area (Å²) in [7, 11) is 0. The maximum atomic E-state index is 13.0. The van der Waals surface area contributed by atoms with E-state index >= 15 is 0 Å². The van der Waals surface area contributed by atoms with Gasteiger partial charge in [-0.25, -0.2) is 0 Å². The van der Waals surface area contributed by atoms with E-state index < -0.39 is 0 Å². The number of aromatic nitrogens is 3. The van der Waals surface area contributed by atoms with Gasteiger partial charge in [0.1, 0.15) is 17.2 Å². The van der Waals surface area contributed by atoms with Crippen LogP contribution in [0, 0.1) is 6.92 Å². The lowest BCUT2D eigenvalue weighted by atomic mass is 9.95. The summed E-state index contributed by atoms with van der Waals surface area (Å²) >= 11 is 0. The molecule has 2 aromatic heterocycles. The third-order valence-electron chi connectivity index (χ3n) is 5.84. The highest BCUT2D eigenvalue weighted by Gasteiger charge is 2.31. The van der Waals surface area contributed by atoms with Gasteiger partial charge in [0.2, 0.25) is 0 Å². The average Bonchev–Trinajstić information content (AvgIpc) is 3.29. The Bertz CT molecular complexity index is 997. The van der Waals surface area contributed by atoms with Crippen LogP contribution in [0.25, 0.3) is 11.0 Å². The molecular formula is C20H23N5O2. The van der Waals surface area contributed by atoms with E-state index in [0.29, 0.717) is 11.7 Å². The summed E-state index contributed by atoms with van der Waals surface area (Å²) in [6.07, 6.45) is 1.83. The van der Waals surface area contributed by atoms with Crippen molar-refractivity contribution in [3.8, 4) is 0 Å². The standard InChI is InChI=1S/C20H23N5O2/c1-13-15-4-2-3-5-16(15)27-18(13)20(26)24-9-6-14(7-10-24)19-23-22-17-12-21-8-11-25(17)19/h2-5,14,21H,6-12H2,1H3. The van der Waals surface area contributed by atoms with Crippen LogP contribution >= 0.6 is 0 Å². The Morgan fingerprint density at radius 1 is 1.19 bits per heavy atom. The molecule has 1 N–H and O–H groups in total. The molecule has 2 aliphatic rings. The molecule has 0 unspecified atom stereocenters. The lowest BCUT2D eigenvalue weighted by molar-refractivity contribution is 0.0679. The van der Waals surface area contributed by atoms with Crippen LogP contribution in [0.15, 0.2) is 28.7 Å². The predicted octanol–water partition coefficient (Wildman–Crippen LogP) is 2.46. The van der Waals surface area contributed by atoms with Crippen LogP contribution in [-0.4, -0.2) is 45.2 Å². The number of hydrogen-bond donors (Lipinski definition) is 1. The fraction of sp³-hybridized carbons (Fsp3) is 0.450. The molecule has 1 aromatic carbocycles. The quantitative estimate of drug-likeness (QED) is 0.755. The lowest BCUT2D eigenvalue weighted by Crippen LogP contribution is -2.39. The molecule has 1 fully saturated rings. The number of carbonyl (C=O) groups excluding carboxylic acids is 1. The first-order valence-corrected chi connectivity index (χ1v) is 9.62. The Labute approximate surface area is 157 Å². The van der Waals surface area contributed by atoms with Crippen molar-refractivity contribution < 1.29 is 9.21 Å². The number of aryl methyl sites for hydroxylation is 1. The molecule has 4 heterocycles. The van der Waals surface area contributed by atoms with Gasteiger partial charge in [-0.2, -0.15) is 0 Å². The van der Waals surface area contributed by atoms with Gasteiger partial charge in [-0.1, -0.05) is 18.2 Å². The van der Waals surface area contributed by atoms with Crippen LogP contribution in [0.1, 0.15) is 46.5 Å². The summed E-state index contributed by atoms with van der Waals surface area (Å²) in [5.41, 5.74) is 1.70. The van der Waals surface area contributed by atoms with E-state index in [0.717, 1.165) is 73.7 Å². The first-order valence-electron chi connectivity index (χ1n) is 9.62. The Kier molecular flexibility index (Phi) is 3.97. The predicted molar refractivity (Wildman–Crippen MR) is 101 cm³/mol. The van der Waals surface area contributed by atoms with Gasteiger partial charge in [-0.3, -0.25) is 4.79 Å². The number of likely N-dealkylation sites (tertiary alicyclic amines) is 1. The van der Waals surface area contributed by atoms with Crippen LogP contribution < -0.4 is 5.32 Å². The molecule has 2 aliphatic heterocycles. The topological polar surface area (TPSA) is 76.2 Å². The van der Waals surface area contributed by atoms with Gasteiger partial charge in [0.05, 0.1) is 6.54 Å². The number of piperidine rings is 1. The Hall–Kier alpha value is -2.67. The number of furan rings is 1. The number of nitrogens with zero attached hydrogens (tertiary/aromatic N) is 4. The van der Waals surface area contributed by atoms with Gasteiger partial charge in [-0.05, 0) is 25.8 Å². The maximum absolute atomic E-state index is 13.0. The second kappa shape index (κ2) is 6.49. The lowest BCUT2D eigenvalue weighted by Gasteiger charge is -2.31. The summed E-state index contributed by atoms with van der Waals surface area (Å²) < 4.78 is 8.11. The molecule has 5 rings (SSSR count). The highest BCUT2D eigenvalue weighted by Crippen LogP contribution is 2.31. The third-order valence-corrected chi connectivity index (χ3v) is 5.84. The van der Waals surface area contributed by atoms with Crippen molar-refractivity contribution >= 4 is 16.9 Å². The van der Waals surface area contributed by atoms with Crippen molar-refractivity contribution in [2.75, 3.05) is 19.6 Å². The normalized spacial score (nSPS) is 18.0. The SMILES string of the molecule is Cc1c(C(=O)N2CCC(c3nnc4n3CCNC4)CC2)oc2ccccc12. The molecule has 0 aliphatic carbocycles. The minimum Gasteiger partial charge on any atom is -0.451 e. The van der Waals surface area contributed by atoms with Crippen molar-refractivity contribution in [1.29, 1.82) is 0 Å². The largest absolute Gasteiger partial charge is 0.451 e. The minimum atomic E-state index is -0.00498. The van der Waals surface area contributed by atoms with Crippen LogP contribution in [0.3, 0.4) is 0 Å². The van der Waals surface area contributed by atoms with Crippen LogP contribution in [0.5, 0.6) is 0 Å². The number of benzene rings is 1. The van der Waals surface area contributed by atoms with E-state index in [-0.39, 0.29) is 5.91 Å². The number of para-hydroxylation sites is 1. The molecule has 0 radical (unpaired) electrons. The summed E-state index contributed by atoms with van der Waals surface area (Å²) in [4.78, 5) is 14.9. The van der Waals surface area contributed by atoms with Gasteiger partial charge in [0.25, 0.3) is 5.91 Å². The molecule has 0 bridgehead atoms. The molecule has 1 saturated heterocycles. The fourth-order valence-electron chi connectivity index (χ4n) is 4.28. The molecule has 7 heteroatoms. The molecule has 7 nitrogen and oxygen atoms in total. The average molecular weight is 365 g/mol. The molecule has 1 amide bonds. The first kappa shape index (κ1) is 16.5. The van der Waals surface area contributed by atoms with Crippen LogP contribution in [-0.2, 0) is 13.1 Å². The Morgan fingerprint density at radius 2 is 2.00 bits per heavy atom. The van der Waals surface area contributed by atoms with Crippen molar-refractivity contribution in [1.82, 2.24) is 25.0 Å². The number of nitrogens with one attached hydrogen (secondary N) is 1. The summed E-state index contributed by atoms with van der Waals surface area (Å²) in [6, 6.07) is 7.81. The molecule has 3 aromatic rings. The fourth-order valence-corrected chi connectivity index (χ4v) is 4.28. The van der Waals surface area contributed by atoms with Crippen LogP contribution in [0.2, 0.25) is 0 Å². The smallest absolute Gasteiger partial charge is 0.289 e. The third kappa shape index (κ3) is 2.73. The van der Waals surface area contributed by atoms with E-state index in [1.807, 2.05) is 36.1 Å². The molecule has 0 spiro atoms. The van der Waals surface area contributed by atoms with Gasteiger partial charge in [-0.15, -0.1) is 10.2 Å². The van der Waals surface area contributed by atoms with E-state index in [9.17, 15) is 4.79 Å². The van der Waals surface area contributed by atoms with E-state index in [1.165, 1.54) is 0 Å². The van der Waals surface area contributed by atoms with Crippen molar-refractivity contribution in [2.24, 2.45) is 0 Å². The van der Waals surface area contributed by atoms with Gasteiger partial charge < -0.3 is 19.2 Å². The Morgan fingerprint density at radius 3 is 2.81 bits per heavy atom. The highest BCUT2D eigenvalue weighted by atomic mass is 16.3. The molecule has 140 valence electrons. The number of amides is 1.